The van der Waals surface area contributed by atoms with Gasteiger partial charge in [-0.1, -0.05) is 32.1 Å². The maximum Gasteiger partial charge on any atom is 0.408 e. The molecule has 49 heavy (non-hydrogen) atoms. The van der Waals surface area contributed by atoms with Crippen LogP contribution in [0, 0.1) is 26.1 Å². The minimum absolute atomic E-state index is 0.0142. The number of aliphatic hydroxyl groups excluding tert-OH is 2. The number of non-ortho nitro benzene ring substituents is 1. The maximum atomic E-state index is 14.0. The van der Waals surface area contributed by atoms with Crippen molar-refractivity contribution in [3.05, 3.63) is 56.6 Å². The third-order valence-corrected chi connectivity index (χ3v) is 8.70. The van der Waals surface area contributed by atoms with E-state index in [4.69, 9.17) is 9.47 Å². The molecule has 2 aromatic rings. The van der Waals surface area contributed by atoms with Crippen LogP contribution in [-0.2, 0) is 20.7 Å². The van der Waals surface area contributed by atoms with E-state index in [0.29, 0.717) is 32.7 Å². The Balaban J connectivity index is 1.57. The van der Waals surface area contributed by atoms with Crippen LogP contribution in [0.1, 0.15) is 65.0 Å². The number of β-amino-alcohol motifs (C(OH)–C–C–N with tert-alkyl or cyclic N) is 1. The molecule has 4 atom stereocenters. The van der Waals surface area contributed by atoms with Crippen LogP contribution >= 0.6 is 0 Å². The summed E-state index contributed by atoms with van der Waals surface area (Å²) >= 11 is 0. The lowest BCUT2D eigenvalue weighted by atomic mass is 9.83. The molecule has 2 fully saturated rings. The average Bonchev–Trinajstić information content (AvgIpc) is 3.51. The van der Waals surface area contributed by atoms with Crippen LogP contribution in [-0.4, -0.2) is 109 Å². The van der Waals surface area contributed by atoms with Gasteiger partial charge in [0.05, 0.1) is 53.3 Å². The Bertz CT molecular complexity index is 1450. The first kappa shape index (κ1) is 37.6. The number of morpholine rings is 1. The van der Waals surface area contributed by atoms with Gasteiger partial charge in [0.25, 0.3) is 11.4 Å². The fraction of sp³-hybridized carbons (Fsp3) is 0.656. The second kappa shape index (κ2) is 17.0. The lowest BCUT2D eigenvalue weighted by molar-refractivity contribution is -0.394. The molecular formula is C32H47N7O10. The van der Waals surface area contributed by atoms with E-state index in [-0.39, 0.29) is 30.3 Å². The van der Waals surface area contributed by atoms with E-state index in [0.717, 1.165) is 44.2 Å². The number of amides is 2. The number of imidazole rings is 1. The highest BCUT2D eigenvalue weighted by molar-refractivity contribution is 5.86. The lowest BCUT2D eigenvalue weighted by Gasteiger charge is -2.35. The summed E-state index contributed by atoms with van der Waals surface area (Å²) in [4.78, 5) is 54.6. The van der Waals surface area contributed by atoms with Gasteiger partial charge >= 0.3 is 6.09 Å². The van der Waals surface area contributed by atoms with Crippen molar-refractivity contribution in [2.24, 2.45) is 5.92 Å². The molecule has 1 saturated carbocycles. The number of rotatable bonds is 14. The molecule has 2 aliphatic rings. The van der Waals surface area contributed by atoms with Gasteiger partial charge in [-0.2, -0.15) is 0 Å². The zero-order chi connectivity index (χ0) is 35.7. The molecule has 1 aromatic carbocycles. The highest BCUT2D eigenvalue weighted by Crippen LogP contribution is 2.30. The third kappa shape index (κ3) is 11.2. The first-order valence-electron chi connectivity index (χ1n) is 16.6. The van der Waals surface area contributed by atoms with Crippen molar-refractivity contribution < 1.29 is 39.1 Å². The quantitative estimate of drug-likeness (QED) is 0.166. The van der Waals surface area contributed by atoms with E-state index in [1.165, 1.54) is 23.2 Å². The van der Waals surface area contributed by atoms with E-state index in [9.17, 15) is 40.0 Å². The second-order valence-corrected chi connectivity index (χ2v) is 13.7. The van der Waals surface area contributed by atoms with Gasteiger partial charge in [-0.05, 0) is 39.2 Å². The zero-order valence-corrected chi connectivity index (χ0v) is 28.2. The summed E-state index contributed by atoms with van der Waals surface area (Å²) in [6, 6.07) is 1.13. The smallest absolute Gasteiger partial charge is 0.408 e. The zero-order valence-electron chi connectivity index (χ0n) is 28.2. The third-order valence-electron chi connectivity index (χ3n) is 8.70. The summed E-state index contributed by atoms with van der Waals surface area (Å²) in [5.74, 6) is -0.408. The van der Waals surface area contributed by atoms with Crippen molar-refractivity contribution in [1.29, 1.82) is 0 Å². The van der Waals surface area contributed by atoms with Gasteiger partial charge < -0.3 is 30.3 Å². The van der Waals surface area contributed by atoms with Gasteiger partial charge in [-0.3, -0.25) is 34.5 Å². The number of nitrogens with zero attached hydrogens (tertiary/aromatic N) is 5. The van der Waals surface area contributed by atoms with Crippen molar-refractivity contribution in [3.63, 3.8) is 0 Å². The number of benzene rings is 1. The molecule has 0 unspecified atom stereocenters. The van der Waals surface area contributed by atoms with Crippen LogP contribution in [0.5, 0.6) is 0 Å². The van der Waals surface area contributed by atoms with Crippen LogP contribution in [0.2, 0.25) is 0 Å². The van der Waals surface area contributed by atoms with Gasteiger partial charge in [0.2, 0.25) is 5.91 Å². The minimum atomic E-state index is -1.29. The Kier molecular flexibility index (Phi) is 13.0. The summed E-state index contributed by atoms with van der Waals surface area (Å²) in [7, 11) is 0. The molecule has 0 bridgehead atoms. The molecule has 1 aliphatic heterocycles. The van der Waals surface area contributed by atoms with Crippen LogP contribution in [0.25, 0.3) is 5.69 Å². The SMILES string of the molecule is CC(C)(C)OC(=O)N[C@@H](Cc1cn(-c2ccc([N+](=O)[O-])cc2[N+](=O)[O-])cn1)C(=O)N[C@@H](CC1CCCCC1)[C@@H](O)[C@@H](O)CN1CCOCC1. The molecule has 1 aliphatic carbocycles. The van der Waals surface area contributed by atoms with E-state index in [1.807, 2.05) is 4.90 Å². The van der Waals surface area contributed by atoms with Gasteiger partial charge in [0, 0.05) is 38.3 Å². The summed E-state index contributed by atoms with van der Waals surface area (Å²) < 4.78 is 12.1. The van der Waals surface area contributed by atoms with Crippen molar-refractivity contribution >= 4 is 23.4 Å². The summed E-state index contributed by atoms with van der Waals surface area (Å²) in [5, 5.41) is 50.9. The number of aliphatic hydroxyl groups is 2. The van der Waals surface area contributed by atoms with Gasteiger partial charge in [-0.25, -0.2) is 9.78 Å². The molecular weight excluding hydrogens is 642 g/mol. The van der Waals surface area contributed by atoms with Crippen molar-refractivity contribution in [1.82, 2.24) is 25.1 Å². The fourth-order valence-electron chi connectivity index (χ4n) is 6.23. The predicted octanol–water partition coefficient (Wildman–Crippen LogP) is 2.63. The Morgan fingerprint density at radius 3 is 2.41 bits per heavy atom. The standard InChI is InChI=1S/C32H47N7O10/c1-32(2,3)49-31(43)35-25(16-22-18-37(20-33-22)26-10-9-23(38(44)45)17-27(26)39(46)47)30(42)34-24(15-21-7-5-4-6-8-21)29(41)28(40)19-36-11-13-48-14-12-36/h9-10,17-18,20-21,24-25,28-29,40-41H,4-8,11-16,19H2,1-3H3,(H,34,42)(H,35,43)/t24-,25-,28-,29+/m0/s1. The Hall–Kier alpha value is -4.19. The largest absolute Gasteiger partial charge is 0.444 e. The van der Waals surface area contributed by atoms with Crippen LogP contribution in [0.15, 0.2) is 30.7 Å². The molecule has 270 valence electrons. The van der Waals surface area contributed by atoms with Gasteiger partial charge in [-0.15, -0.1) is 0 Å². The number of nitro groups is 2. The van der Waals surface area contributed by atoms with Gasteiger partial charge in [0.15, 0.2) is 0 Å². The van der Waals surface area contributed by atoms with E-state index >= 15 is 0 Å². The summed E-state index contributed by atoms with van der Waals surface area (Å²) in [6.07, 6.45) is 4.71. The van der Waals surface area contributed by atoms with E-state index < -0.39 is 63.1 Å². The molecule has 2 amide bonds. The lowest BCUT2D eigenvalue weighted by Crippen LogP contribution is -2.57. The molecule has 0 radical (unpaired) electrons. The number of hydrogen-bond acceptors (Lipinski definition) is 12. The molecule has 1 aromatic heterocycles. The van der Waals surface area contributed by atoms with Gasteiger partial charge in [0.1, 0.15) is 23.4 Å². The fourth-order valence-corrected chi connectivity index (χ4v) is 6.23. The normalized spacial score (nSPS) is 18.6. The Morgan fingerprint density at radius 1 is 1.08 bits per heavy atom. The van der Waals surface area contributed by atoms with E-state index in [2.05, 4.69) is 15.6 Å². The molecule has 17 heteroatoms. The molecule has 4 N–H and O–H groups in total. The Labute approximate surface area is 284 Å². The number of carbonyl (C=O) groups is 2. The number of nitro benzene ring substituents is 2. The maximum absolute atomic E-state index is 14.0. The predicted molar refractivity (Wildman–Crippen MR) is 176 cm³/mol. The summed E-state index contributed by atoms with van der Waals surface area (Å²) in [6.45, 7) is 7.49. The van der Waals surface area contributed by atoms with Crippen LogP contribution in [0.3, 0.4) is 0 Å². The molecule has 0 spiro atoms. The number of nitrogens with one attached hydrogen (secondary N) is 2. The molecule has 4 rings (SSSR count). The van der Waals surface area contributed by atoms with Crippen LogP contribution in [0.4, 0.5) is 16.2 Å². The summed E-state index contributed by atoms with van der Waals surface area (Å²) in [5.41, 5.74) is -1.56. The van der Waals surface area contributed by atoms with Crippen molar-refractivity contribution in [2.75, 3.05) is 32.8 Å². The molecule has 17 nitrogen and oxygen atoms in total. The number of alkyl carbamates (subject to hydrolysis) is 1. The van der Waals surface area contributed by atoms with Crippen LogP contribution < -0.4 is 10.6 Å². The van der Waals surface area contributed by atoms with Crippen molar-refractivity contribution in [3.8, 4) is 5.69 Å². The highest BCUT2D eigenvalue weighted by Gasteiger charge is 2.35. The number of aromatic nitrogens is 2. The molecule has 2 heterocycles. The van der Waals surface area contributed by atoms with E-state index in [1.54, 1.807) is 20.8 Å². The number of hydrogen-bond donors (Lipinski definition) is 4. The average molecular weight is 690 g/mol. The first-order chi connectivity index (χ1) is 23.2. The Morgan fingerprint density at radius 2 is 1.78 bits per heavy atom. The first-order valence-corrected chi connectivity index (χ1v) is 16.6. The monoisotopic (exact) mass is 689 g/mol. The molecule has 1 saturated heterocycles. The number of ether oxygens (including phenoxy) is 2. The second-order valence-electron chi connectivity index (χ2n) is 13.7. The number of carbonyl (C=O) groups excluding carboxylic acids is 2. The minimum Gasteiger partial charge on any atom is -0.444 e. The van der Waals surface area contributed by atoms with Crippen molar-refractivity contribution in [2.45, 2.75) is 95.6 Å². The topological polar surface area (TPSA) is 224 Å². The highest BCUT2D eigenvalue weighted by atomic mass is 16.6.